The van der Waals surface area contributed by atoms with Crippen molar-refractivity contribution in [3.05, 3.63) is 0 Å². The summed E-state index contributed by atoms with van der Waals surface area (Å²) < 4.78 is 0. The minimum atomic E-state index is 0. The number of carbonyl (C=O) groups is 1. The zero-order valence-corrected chi connectivity index (χ0v) is 4.61. The van der Waals surface area contributed by atoms with Crippen molar-refractivity contribution in [3.63, 3.8) is 0 Å². The highest BCUT2D eigenvalue weighted by atomic mass is 16.1. The van der Waals surface area contributed by atoms with Gasteiger partial charge in [0.2, 0.25) is 0 Å². The van der Waals surface area contributed by atoms with Crippen LogP contribution in [0.4, 0.5) is 0 Å². The van der Waals surface area contributed by atoms with Gasteiger partial charge in [0.15, 0.2) is 0 Å². The maximum atomic E-state index is 10.3. The van der Waals surface area contributed by atoms with E-state index in [1.165, 1.54) is 0 Å². The molecular weight excluding hydrogens is 114 g/mol. The third kappa shape index (κ3) is 11.3. The Morgan fingerprint density at radius 1 is 1.44 bits per heavy atom. The van der Waals surface area contributed by atoms with Crippen molar-refractivity contribution in [2.75, 3.05) is 6.54 Å². The molecule has 2 heteroatoms. The zero-order chi connectivity index (χ0) is 5.70. The number of ketones is 1. The molecule has 9 heavy (non-hydrogen) atoms. The first-order chi connectivity index (χ1) is 3.31. The van der Waals surface area contributed by atoms with Crippen LogP contribution in [0.25, 0.3) is 0 Å². The lowest BCUT2D eigenvalue weighted by Gasteiger charge is -1.87. The lowest BCUT2D eigenvalue weighted by atomic mass is 10.2. The molecule has 0 radical (unpaired) electrons. The maximum absolute atomic E-state index is 10.3. The summed E-state index contributed by atoms with van der Waals surface area (Å²) in [5.74, 6) is 0.155. The Morgan fingerprint density at radius 2 is 1.89 bits per heavy atom. The second-order valence-corrected chi connectivity index (χ2v) is 1.49. The summed E-state index contributed by atoms with van der Waals surface area (Å²) in [6.45, 7) is 2.17. The van der Waals surface area contributed by atoms with Gasteiger partial charge in [-0.3, -0.25) is 4.79 Å². The van der Waals surface area contributed by atoms with Crippen LogP contribution in [0.5, 0.6) is 0 Å². The minimum Gasteiger partial charge on any atom is -0.324 e. The zero-order valence-electron chi connectivity index (χ0n) is 4.61. The monoisotopic (exact) mass is 133 g/mol. The molecule has 0 aliphatic carbocycles. The summed E-state index contributed by atoms with van der Waals surface area (Å²) in [6.07, 6.45) is 1.55. The number of rotatable bonds is 3. The fourth-order valence-electron chi connectivity index (χ4n) is 0.381. The summed E-state index contributed by atoms with van der Waals surface area (Å²) in [7, 11) is 0. The summed E-state index contributed by atoms with van der Waals surface area (Å²) in [6, 6.07) is 0. The topological polar surface area (TPSA) is 43.1 Å². The van der Waals surface area contributed by atoms with Gasteiger partial charge in [-0.25, -0.2) is 0 Å². The first kappa shape index (κ1) is 15.9. The van der Waals surface area contributed by atoms with E-state index in [-0.39, 0.29) is 27.2 Å². The quantitative estimate of drug-likeness (QED) is 0.635. The third-order valence-electron chi connectivity index (χ3n) is 0.757. The molecule has 0 saturated heterocycles. The Bertz CT molecular complexity index is 61.9. The molecule has 0 aromatic rings. The second kappa shape index (κ2) is 10.6. The molecule has 0 heterocycles. The normalized spacial score (nSPS) is 6.89. The Balaban J connectivity index is -0.000000180. The smallest absolute Gasteiger partial charge is 0.146 e. The van der Waals surface area contributed by atoms with Crippen molar-refractivity contribution in [2.24, 2.45) is 5.73 Å². The van der Waals surface area contributed by atoms with E-state index >= 15 is 0 Å². The first-order valence-corrected chi connectivity index (χ1v) is 2.53. The van der Waals surface area contributed by atoms with Crippen LogP contribution < -0.4 is 5.73 Å². The van der Waals surface area contributed by atoms with E-state index in [2.05, 4.69) is 0 Å². The minimum absolute atomic E-state index is 0. The molecule has 0 aromatic heterocycles. The summed E-state index contributed by atoms with van der Waals surface area (Å²) in [4.78, 5) is 10.3. The van der Waals surface area contributed by atoms with Crippen LogP contribution in [-0.2, 0) is 4.79 Å². The number of carbonyl (C=O) groups excluding carboxylic acids is 1. The molecule has 2 nitrogen and oxygen atoms in total. The van der Waals surface area contributed by atoms with Crippen molar-refractivity contribution in [2.45, 2.75) is 34.6 Å². The van der Waals surface area contributed by atoms with Gasteiger partial charge in [0, 0.05) is 6.42 Å². The Morgan fingerprint density at radius 3 is 2.00 bits per heavy atom. The van der Waals surface area contributed by atoms with Crippen LogP contribution in [0, 0.1) is 0 Å². The van der Waals surface area contributed by atoms with E-state index in [0.717, 1.165) is 6.42 Å². The molecule has 0 amide bonds. The highest BCUT2D eigenvalue weighted by Crippen LogP contribution is 1.84. The van der Waals surface area contributed by atoms with Gasteiger partial charge in [0.05, 0.1) is 6.54 Å². The Hall–Kier alpha value is -0.370. The number of Topliss-reactive ketones (excluding diaryl/α,β-unsaturated/α-hetero) is 1. The predicted octanol–water partition coefficient (Wildman–Crippen LogP) is 1.59. The molecule has 2 N–H and O–H groups in total. The molecule has 0 saturated carbocycles. The highest BCUT2D eigenvalue weighted by molar-refractivity contribution is 5.80. The van der Waals surface area contributed by atoms with E-state index in [1.807, 2.05) is 6.92 Å². The molecule has 0 aliphatic rings. The van der Waals surface area contributed by atoms with Crippen molar-refractivity contribution in [1.82, 2.24) is 0 Å². The Labute approximate surface area is 58.4 Å². The van der Waals surface area contributed by atoms with Gasteiger partial charge >= 0.3 is 0 Å². The molecule has 0 bridgehead atoms. The molecule has 0 unspecified atom stereocenters. The van der Waals surface area contributed by atoms with Crippen molar-refractivity contribution < 1.29 is 4.79 Å². The SMILES string of the molecule is C.C.CCCC(=O)CN. The largest absolute Gasteiger partial charge is 0.324 e. The van der Waals surface area contributed by atoms with Gasteiger partial charge in [-0.15, -0.1) is 0 Å². The van der Waals surface area contributed by atoms with E-state index < -0.39 is 0 Å². The van der Waals surface area contributed by atoms with Crippen molar-refractivity contribution in [3.8, 4) is 0 Å². The lowest BCUT2D eigenvalue weighted by molar-refractivity contribution is -0.117. The molecule has 0 spiro atoms. The third-order valence-corrected chi connectivity index (χ3v) is 0.757. The number of nitrogens with two attached hydrogens (primary N) is 1. The van der Waals surface area contributed by atoms with E-state index in [4.69, 9.17) is 5.73 Å². The summed E-state index contributed by atoms with van der Waals surface area (Å²) >= 11 is 0. The molecule has 0 fully saturated rings. The van der Waals surface area contributed by atoms with Gasteiger partial charge in [0.1, 0.15) is 5.78 Å². The van der Waals surface area contributed by atoms with E-state index in [0.29, 0.717) is 6.42 Å². The second-order valence-electron chi connectivity index (χ2n) is 1.49. The van der Waals surface area contributed by atoms with Gasteiger partial charge in [0.25, 0.3) is 0 Å². The van der Waals surface area contributed by atoms with Gasteiger partial charge in [-0.2, -0.15) is 0 Å². The molecule has 0 atom stereocenters. The Kier molecular flexibility index (Phi) is 18.6. The van der Waals surface area contributed by atoms with Crippen molar-refractivity contribution in [1.29, 1.82) is 0 Å². The fraction of sp³-hybridized carbons (Fsp3) is 0.857. The molecule has 0 aromatic carbocycles. The molecule has 58 valence electrons. The molecular formula is C7H19NO. The van der Waals surface area contributed by atoms with Crippen molar-refractivity contribution >= 4 is 5.78 Å². The number of hydrogen-bond donors (Lipinski definition) is 1. The van der Waals surface area contributed by atoms with Crippen LogP contribution in [0.1, 0.15) is 34.6 Å². The lowest BCUT2D eigenvalue weighted by Crippen LogP contribution is -2.12. The number of hydrogen-bond acceptors (Lipinski definition) is 2. The summed E-state index contributed by atoms with van der Waals surface area (Å²) in [5.41, 5.74) is 5.01. The fourth-order valence-corrected chi connectivity index (χ4v) is 0.381. The summed E-state index contributed by atoms with van der Waals surface area (Å²) in [5, 5.41) is 0. The predicted molar refractivity (Wildman–Crippen MR) is 42.4 cm³/mol. The average molecular weight is 133 g/mol. The van der Waals surface area contributed by atoms with Crippen LogP contribution >= 0.6 is 0 Å². The first-order valence-electron chi connectivity index (χ1n) is 2.53. The van der Waals surface area contributed by atoms with Crippen LogP contribution in [0.15, 0.2) is 0 Å². The highest BCUT2D eigenvalue weighted by Gasteiger charge is 1.91. The van der Waals surface area contributed by atoms with E-state index in [9.17, 15) is 4.79 Å². The average Bonchev–Trinajstić information content (AvgIpc) is 1.68. The van der Waals surface area contributed by atoms with Crippen LogP contribution in [-0.4, -0.2) is 12.3 Å². The van der Waals surface area contributed by atoms with E-state index in [1.54, 1.807) is 0 Å². The maximum Gasteiger partial charge on any atom is 0.146 e. The van der Waals surface area contributed by atoms with Gasteiger partial charge in [-0.1, -0.05) is 21.8 Å². The van der Waals surface area contributed by atoms with Gasteiger partial charge in [-0.05, 0) is 6.42 Å². The molecule has 0 rings (SSSR count). The van der Waals surface area contributed by atoms with Gasteiger partial charge < -0.3 is 5.73 Å². The molecule has 0 aliphatic heterocycles. The van der Waals surface area contributed by atoms with Crippen LogP contribution in [0.3, 0.4) is 0 Å². The standard InChI is InChI=1S/C5H11NO.2CH4/c1-2-3-5(7)4-6;;/h2-4,6H2,1H3;2*1H4. The van der Waals surface area contributed by atoms with Crippen LogP contribution in [0.2, 0.25) is 0 Å².